The highest BCUT2D eigenvalue weighted by Gasteiger charge is 2.08. The van der Waals surface area contributed by atoms with E-state index in [1.807, 2.05) is 24.3 Å². The number of ether oxygens (including phenoxy) is 3. The molecule has 2 N–H and O–H groups in total. The molecule has 0 saturated carbocycles. The van der Waals surface area contributed by atoms with E-state index >= 15 is 0 Å². The van der Waals surface area contributed by atoms with E-state index in [9.17, 15) is 4.79 Å². The number of hydrogen-bond donors (Lipinski definition) is 2. The van der Waals surface area contributed by atoms with Crippen LogP contribution in [-0.2, 0) is 0 Å². The lowest BCUT2D eigenvalue weighted by Gasteiger charge is -2.09. The van der Waals surface area contributed by atoms with Crippen molar-refractivity contribution in [1.29, 1.82) is 0 Å². The third kappa shape index (κ3) is 4.29. The fourth-order valence-electron chi connectivity index (χ4n) is 2.60. The molecule has 8 heteroatoms. The van der Waals surface area contributed by atoms with Crippen LogP contribution in [0.4, 0.5) is 5.95 Å². The van der Waals surface area contributed by atoms with Crippen molar-refractivity contribution in [2.75, 3.05) is 26.8 Å². The van der Waals surface area contributed by atoms with E-state index in [1.54, 1.807) is 45.7 Å². The third-order valence-corrected chi connectivity index (χ3v) is 3.93. The van der Waals surface area contributed by atoms with E-state index in [2.05, 4.69) is 20.5 Å². The maximum Gasteiger partial charge on any atom is 0.252 e. The van der Waals surface area contributed by atoms with Crippen LogP contribution in [0.15, 0.2) is 58.4 Å². The summed E-state index contributed by atoms with van der Waals surface area (Å²) < 4.78 is 15.8. The number of nitrogens with zero attached hydrogens (tertiary/aromatic N) is 2. The van der Waals surface area contributed by atoms with Crippen molar-refractivity contribution in [2.45, 2.75) is 0 Å². The van der Waals surface area contributed by atoms with Gasteiger partial charge in [0, 0.05) is 17.2 Å². The van der Waals surface area contributed by atoms with Crippen LogP contribution in [0.3, 0.4) is 0 Å². The highest BCUT2D eigenvalue weighted by atomic mass is 16.5. The Morgan fingerprint density at radius 1 is 1.04 bits per heavy atom. The van der Waals surface area contributed by atoms with Crippen LogP contribution in [0.1, 0.15) is 5.56 Å². The van der Waals surface area contributed by atoms with Gasteiger partial charge in [0.05, 0.1) is 33.2 Å². The second kappa shape index (κ2) is 8.72. The minimum atomic E-state index is -0.294. The van der Waals surface area contributed by atoms with Crippen molar-refractivity contribution in [1.82, 2.24) is 9.97 Å². The second-order valence-electron chi connectivity index (χ2n) is 5.66. The normalized spacial score (nSPS) is 10.7. The topological polar surface area (TPSA) is 97.8 Å². The molecular formula is C20H20N4O4. The first-order chi connectivity index (χ1) is 13.6. The minimum absolute atomic E-state index is 0.219. The standard InChI is InChI=1S/C20H20N4O4/c1-26-15-9-7-13(8-10-15)16-11-18(25)23-20(22-16)24-21-12-14-5-4-6-17(27-2)19(14)28-3/h4-12H,1-3H3,(H2,22,23,24,25)/b21-12-. The van der Waals surface area contributed by atoms with E-state index in [1.165, 1.54) is 6.07 Å². The Labute approximate surface area is 161 Å². The monoisotopic (exact) mass is 380 g/mol. The van der Waals surface area contributed by atoms with E-state index in [-0.39, 0.29) is 11.5 Å². The summed E-state index contributed by atoms with van der Waals surface area (Å²) in [5.74, 6) is 2.10. The molecule has 1 heterocycles. The fourth-order valence-corrected chi connectivity index (χ4v) is 2.60. The molecule has 28 heavy (non-hydrogen) atoms. The molecule has 2 aromatic carbocycles. The SMILES string of the molecule is COc1ccc(-c2cc(=O)[nH]c(N/N=C\c3cccc(OC)c3OC)n2)cc1. The molecule has 0 unspecified atom stereocenters. The molecule has 0 aliphatic heterocycles. The first-order valence-electron chi connectivity index (χ1n) is 8.40. The number of aromatic nitrogens is 2. The van der Waals surface area contributed by atoms with Gasteiger partial charge in [0.1, 0.15) is 5.75 Å². The Hall–Kier alpha value is -3.81. The number of hydrogen-bond acceptors (Lipinski definition) is 7. The van der Waals surface area contributed by atoms with Gasteiger partial charge in [-0.15, -0.1) is 0 Å². The summed E-state index contributed by atoms with van der Waals surface area (Å²) in [4.78, 5) is 19.0. The summed E-state index contributed by atoms with van der Waals surface area (Å²) in [7, 11) is 4.72. The summed E-state index contributed by atoms with van der Waals surface area (Å²) >= 11 is 0. The molecule has 0 aliphatic rings. The number of para-hydroxylation sites is 1. The van der Waals surface area contributed by atoms with Gasteiger partial charge in [-0.3, -0.25) is 9.78 Å². The molecule has 0 saturated heterocycles. The second-order valence-corrected chi connectivity index (χ2v) is 5.66. The minimum Gasteiger partial charge on any atom is -0.497 e. The summed E-state index contributed by atoms with van der Waals surface area (Å²) in [5, 5.41) is 4.14. The van der Waals surface area contributed by atoms with E-state index in [4.69, 9.17) is 14.2 Å². The Kier molecular flexibility index (Phi) is 5.91. The summed E-state index contributed by atoms with van der Waals surface area (Å²) in [6.45, 7) is 0. The highest BCUT2D eigenvalue weighted by Crippen LogP contribution is 2.29. The van der Waals surface area contributed by atoms with E-state index in [0.29, 0.717) is 22.8 Å². The number of hydrazone groups is 1. The molecule has 144 valence electrons. The molecule has 0 radical (unpaired) electrons. The lowest BCUT2D eigenvalue weighted by Crippen LogP contribution is -2.10. The lowest BCUT2D eigenvalue weighted by atomic mass is 10.1. The van der Waals surface area contributed by atoms with Gasteiger partial charge in [0.25, 0.3) is 5.56 Å². The quantitative estimate of drug-likeness (QED) is 0.483. The van der Waals surface area contributed by atoms with Gasteiger partial charge >= 0.3 is 0 Å². The summed E-state index contributed by atoms with van der Waals surface area (Å²) in [6, 6.07) is 14.1. The largest absolute Gasteiger partial charge is 0.497 e. The van der Waals surface area contributed by atoms with E-state index in [0.717, 1.165) is 11.3 Å². The van der Waals surface area contributed by atoms with Crippen molar-refractivity contribution < 1.29 is 14.2 Å². The van der Waals surface area contributed by atoms with Gasteiger partial charge in [-0.05, 0) is 36.4 Å². The molecule has 1 aromatic heterocycles. The van der Waals surface area contributed by atoms with Crippen LogP contribution < -0.4 is 25.2 Å². The van der Waals surface area contributed by atoms with Gasteiger partial charge in [-0.25, -0.2) is 10.4 Å². The smallest absolute Gasteiger partial charge is 0.252 e. The first-order valence-corrected chi connectivity index (χ1v) is 8.40. The zero-order chi connectivity index (χ0) is 19.9. The zero-order valence-electron chi connectivity index (χ0n) is 15.7. The van der Waals surface area contributed by atoms with Crippen LogP contribution in [0.25, 0.3) is 11.3 Å². The maximum atomic E-state index is 12.0. The van der Waals surface area contributed by atoms with Crippen molar-refractivity contribution in [2.24, 2.45) is 5.10 Å². The number of nitrogens with one attached hydrogen (secondary N) is 2. The molecular weight excluding hydrogens is 360 g/mol. The molecule has 0 spiro atoms. The van der Waals surface area contributed by atoms with E-state index < -0.39 is 0 Å². The number of aromatic amines is 1. The molecule has 0 atom stereocenters. The molecule has 3 aromatic rings. The van der Waals surface area contributed by atoms with Crippen molar-refractivity contribution in [3.63, 3.8) is 0 Å². The number of rotatable bonds is 7. The van der Waals surface area contributed by atoms with Gasteiger partial charge in [0.2, 0.25) is 5.95 Å². The molecule has 0 aliphatic carbocycles. The average Bonchev–Trinajstić information content (AvgIpc) is 2.73. The Morgan fingerprint density at radius 3 is 2.50 bits per heavy atom. The fraction of sp³-hybridized carbons (Fsp3) is 0.150. The first kappa shape index (κ1) is 19.0. The molecule has 0 amide bonds. The zero-order valence-corrected chi connectivity index (χ0v) is 15.7. The van der Waals surface area contributed by atoms with Crippen molar-refractivity contribution in [3.8, 4) is 28.5 Å². The number of H-pyrrole nitrogens is 1. The number of methoxy groups -OCH3 is 3. The van der Waals surface area contributed by atoms with Crippen LogP contribution in [-0.4, -0.2) is 37.5 Å². The van der Waals surface area contributed by atoms with Crippen molar-refractivity contribution in [3.05, 3.63) is 64.4 Å². The molecule has 8 nitrogen and oxygen atoms in total. The Morgan fingerprint density at radius 2 is 1.82 bits per heavy atom. The Bertz CT molecular complexity index is 1030. The summed E-state index contributed by atoms with van der Waals surface area (Å²) in [5.41, 5.74) is 4.46. The summed E-state index contributed by atoms with van der Waals surface area (Å²) in [6.07, 6.45) is 1.56. The van der Waals surface area contributed by atoms with Gasteiger partial charge in [0.15, 0.2) is 11.5 Å². The number of benzene rings is 2. The third-order valence-electron chi connectivity index (χ3n) is 3.93. The van der Waals surface area contributed by atoms with Crippen LogP contribution in [0, 0.1) is 0 Å². The number of anilines is 1. The van der Waals surface area contributed by atoms with Gasteiger partial charge in [-0.1, -0.05) is 6.07 Å². The predicted octanol–water partition coefficient (Wildman–Crippen LogP) is 2.91. The predicted molar refractivity (Wildman–Crippen MR) is 108 cm³/mol. The van der Waals surface area contributed by atoms with Gasteiger partial charge < -0.3 is 14.2 Å². The molecule has 3 rings (SSSR count). The molecule has 0 bridgehead atoms. The van der Waals surface area contributed by atoms with Gasteiger partial charge in [-0.2, -0.15) is 5.10 Å². The van der Waals surface area contributed by atoms with Crippen LogP contribution in [0.5, 0.6) is 17.2 Å². The molecule has 0 fully saturated rings. The maximum absolute atomic E-state index is 12.0. The van der Waals surface area contributed by atoms with Crippen molar-refractivity contribution >= 4 is 12.2 Å². The lowest BCUT2D eigenvalue weighted by molar-refractivity contribution is 0.354. The highest BCUT2D eigenvalue weighted by molar-refractivity contribution is 5.85. The average molecular weight is 380 g/mol. The van der Waals surface area contributed by atoms with Crippen LogP contribution in [0.2, 0.25) is 0 Å². The Balaban J connectivity index is 1.82. The van der Waals surface area contributed by atoms with Crippen LogP contribution >= 0.6 is 0 Å².